The van der Waals surface area contributed by atoms with Crippen molar-refractivity contribution in [3.63, 3.8) is 0 Å². The van der Waals surface area contributed by atoms with Gasteiger partial charge in [0.05, 0.1) is 11.5 Å². The summed E-state index contributed by atoms with van der Waals surface area (Å²) in [5.41, 5.74) is 2.76. The molecule has 0 aliphatic rings. The van der Waals surface area contributed by atoms with Gasteiger partial charge in [0.15, 0.2) is 5.78 Å². The quantitative estimate of drug-likeness (QED) is 0.322. The van der Waals surface area contributed by atoms with Crippen LogP contribution in [0, 0.1) is 30.6 Å². The van der Waals surface area contributed by atoms with Crippen LogP contribution < -0.4 is 0 Å². The standard InChI is InChI=1S/C22H17ClOS/c1-18-8-12-20(13-9-18)22(24)7-3-2-4-16-25-17-5-6-19-10-14-21(23)15-11-19/h3,7-15H,16-17H2,1H3/b7-3+. The van der Waals surface area contributed by atoms with Crippen molar-refractivity contribution in [1.82, 2.24) is 0 Å². The number of carbonyl (C=O) groups excluding carboxylic acids is 1. The number of thioether (sulfide) groups is 1. The fraction of sp³-hybridized carbons (Fsp3) is 0.136. The van der Waals surface area contributed by atoms with Crippen LogP contribution in [-0.2, 0) is 0 Å². The Morgan fingerprint density at radius 2 is 1.72 bits per heavy atom. The lowest BCUT2D eigenvalue weighted by Crippen LogP contribution is -1.93. The number of halogens is 1. The van der Waals surface area contributed by atoms with Gasteiger partial charge in [0.2, 0.25) is 0 Å². The Labute approximate surface area is 158 Å². The maximum Gasteiger partial charge on any atom is 0.186 e. The molecule has 0 fully saturated rings. The number of hydrogen-bond acceptors (Lipinski definition) is 2. The van der Waals surface area contributed by atoms with E-state index in [4.69, 9.17) is 11.6 Å². The third kappa shape index (κ3) is 7.36. The number of ketones is 1. The van der Waals surface area contributed by atoms with Crippen molar-refractivity contribution in [2.45, 2.75) is 6.92 Å². The molecule has 0 aliphatic heterocycles. The van der Waals surface area contributed by atoms with E-state index in [1.165, 1.54) is 6.08 Å². The smallest absolute Gasteiger partial charge is 0.186 e. The Morgan fingerprint density at radius 1 is 1.04 bits per heavy atom. The molecular weight excluding hydrogens is 348 g/mol. The first-order chi connectivity index (χ1) is 12.1. The Bertz CT molecular complexity index is 857. The summed E-state index contributed by atoms with van der Waals surface area (Å²) in [6.45, 7) is 1.99. The number of hydrogen-bond donors (Lipinski definition) is 0. The van der Waals surface area contributed by atoms with Gasteiger partial charge in [0, 0.05) is 16.1 Å². The van der Waals surface area contributed by atoms with Gasteiger partial charge in [-0.05, 0) is 43.3 Å². The van der Waals surface area contributed by atoms with Gasteiger partial charge >= 0.3 is 0 Å². The summed E-state index contributed by atoms with van der Waals surface area (Å²) in [6, 6.07) is 15.0. The normalized spacial score (nSPS) is 9.84. The number of allylic oxidation sites excluding steroid dienone is 2. The van der Waals surface area contributed by atoms with Crippen LogP contribution in [0.4, 0.5) is 0 Å². The van der Waals surface area contributed by atoms with E-state index >= 15 is 0 Å². The van der Waals surface area contributed by atoms with Crippen molar-refractivity contribution in [1.29, 1.82) is 0 Å². The molecule has 0 aromatic heterocycles. The van der Waals surface area contributed by atoms with Crippen LogP contribution in [0.2, 0.25) is 5.02 Å². The van der Waals surface area contributed by atoms with Gasteiger partial charge in [-0.3, -0.25) is 4.79 Å². The van der Waals surface area contributed by atoms with Crippen LogP contribution in [0.1, 0.15) is 21.5 Å². The third-order valence-corrected chi connectivity index (χ3v) is 4.13. The second-order valence-electron chi connectivity index (χ2n) is 5.19. The van der Waals surface area contributed by atoms with Crippen LogP contribution in [-0.4, -0.2) is 17.3 Å². The highest BCUT2D eigenvalue weighted by Gasteiger charge is 1.99. The number of carbonyl (C=O) groups is 1. The van der Waals surface area contributed by atoms with E-state index in [-0.39, 0.29) is 5.78 Å². The van der Waals surface area contributed by atoms with Crippen molar-refractivity contribution in [3.8, 4) is 23.7 Å². The monoisotopic (exact) mass is 364 g/mol. The van der Waals surface area contributed by atoms with E-state index < -0.39 is 0 Å². The lowest BCUT2D eigenvalue weighted by Gasteiger charge is -1.95. The van der Waals surface area contributed by atoms with Crippen molar-refractivity contribution < 1.29 is 4.79 Å². The maximum atomic E-state index is 11.9. The first-order valence-corrected chi connectivity index (χ1v) is 9.26. The topological polar surface area (TPSA) is 17.1 Å². The highest BCUT2D eigenvalue weighted by molar-refractivity contribution is 7.99. The zero-order chi connectivity index (χ0) is 17.9. The summed E-state index contributed by atoms with van der Waals surface area (Å²) in [5.74, 6) is 13.4. The summed E-state index contributed by atoms with van der Waals surface area (Å²) >= 11 is 7.46. The minimum Gasteiger partial charge on any atom is -0.289 e. The van der Waals surface area contributed by atoms with Crippen LogP contribution in [0.5, 0.6) is 0 Å². The fourth-order valence-electron chi connectivity index (χ4n) is 1.86. The Kier molecular flexibility index (Phi) is 7.93. The van der Waals surface area contributed by atoms with Gasteiger partial charge in [-0.2, -0.15) is 0 Å². The molecule has 2 aromatic carbocycles. The highest BCUT2D eigenvalue weighted by atomic mass is 35.5. The molecule has 0 saturated heterocycles. The second-order valence-corrected chi connectivity index (χ2v) is 6.61. The molecule has 0 atom stereocenters. The maximum absolute atomic E-state index is 11.9. The molecule has 0 bridgehead atoms. The van der Waals surface area contributed by atoms with Gasteiger partial charge in [-0.1, -0.05) is 65.1 Å². The predicted octanol–water partition coefficient (Wildman–Crippen LogP) is 5.18. The summed E-state index contributed by atoms with van der Waals surface area (Å²) in [5, 5.41) is 0.712. The molecule has 124 valence electrons. The minimum absolute atomic E-state index is 0.0317. The molecule has 0 unspecified atom stereocenters. The molecule has 0 N–H and O–H groups in total. The lowest BCUT2D eigenvalue weighted by atomic mass is 10.1. The molecule has 0 saturated carbocycles. The molecule has 1 nitrogen and oxygen atoms in total. The van der Waals surface area contributed by atoms with Gasteiger partial charge in [0.25, 0.3) is 0 Å². The summed E-state index contributed by atoms with van der Waals surface area (Å²) in [4.78, 5) is 11.9. The van der Waals surface area contributed by atoms with Crippen LogP contribution in [0.3, 0.4) is 0 Å². The average molecular weight is 365 g/mol. The fourth-order valence-corrected chi connectivity index (χ4v) is 2.44. The van der Waals surface area contributed by atoms with E-state index in [1.807, 2.05) is 55.5 Å². The molecule has 25 heavy (non-hydrogen) atoms. The van der Waals surface area contributed by atoms with Crippen LogP contribution in [0.15, 0.2) is 60.7 Å². The molecule has 2 rings (SSSR count). The van der Waals surface area contributed by atoms with E-state index in [9.17, 15) is 4.79 Å². The zero-order valence-corrected chi connectivity index (χ0v) is 15.5. The van der Waals surface area contributed by atoms with Gasteiger partial charge in [0.1, 0.15) is 0 Å². The lowest BCUT2D eigenvalue weighted by molar-refractivity contribution is 0.104. The van der Waals surface area contributed by atoms with Crippen molar-refractivity contribution in [3.05, 3.63) is 82.4 Å². The minimum atomic E-state index is -0.0317. The highest BCUT2D eigenvalue weighted by Crippen LogP contribution is 2.08. The molecule has 0 spiro atoms. The summed E-state index contributed by atoms with van der Waals surface area (Å²) in [7, 11) is 0. The molecule has 0 aliphatic carbocycles. The van der Waals surface area contributed by atoms with E-state index in [0.717, 1.165) is 11.1 Å². The van der Waals surface area contributed by atoms with E-state index in [2.05, 4.69) is 23.7 Å². The number of benzene rings is 2. The third-order valence-electron chi connectivity index (χ3n) is 3.18. The molecule has 0 amide bonds. The first-order valence-electron chi connectivity index (χ1n) is 7.73. The Hall–Kier alpha value is -2.39. The first kappa shape index (κ1) is 18.9. The van der Waals surface area contributed by atoms with Crippen LogP contribution >= 0.6 is 23.4 Å². The second kappa shape index (κ2) is 10.5. The van der Waals surface area contributed by atoms with Crippen molar-refractivity contribution in [2.75, 3.05) is 11.5 Å². The van der Waals surface area contributed by atoms with E-state index in [0.29, 0.717) is 22.1 Å². The summed E-state index contributed by atoms with van der Waals surface area (Å²) in [6.07, 6.45) is 3.10. The molecule has 0 heterocycles. The largest absolute Gasteiger partial charge is 0.289 e. The Balaban J connectivity index is 1.70. The van der Waals surface area contributed by atoms with Gasteiger partial charge in [-0.25, -0.2) is 0 Å². The molecular formula is C22H17ClOS. The molecule has 3 heteroatoms. The zero-order valence-electron chi connectivity index (χ0n) is 13.9. The van der Waals surface area contributed by atoms with Crippen molar-refractivity contribution in [2.24, 2.45) is 0 Å². The molecule has 0 radical (unpaired) electrons. The van der Waals surface area contributed by atoms with E-state index in [1.54, 1.807) is 17.8 Å². The van der Waals surface area contributed by atoms with Gasteiger partial charge in [-0.15, -0.1) is 11.8 Å². The number of rotatable bonds is 4. The molecule has 2 aromatic rings. The predicted molar refractivity (Wildman–Crippen MR) is 108 cm³/mol. The number of aryl methyl sites for hydroxylation is 1. The SMILES string of the molecule is Cc1ccc(C(=O)/C=C/C#CCSCC#Cc2ccc(Cl)cc2)cc1. The van der Waals surface area contributed by atoms with Crippen molar-refractivity contribution >= 4 is 29.1 Å². The van der Waals surface area contributed by atoms with Crippen LogP contribution in [0.25, 0.3) is 0 Å². The summed E-state index contributed by atoms with van der Waals surface area (Å²) < 4.78 is 0. The Morgan fingerprint density at radius 3 is 2.44 bits per heavy atom. The van der Waals surface area contributed by atoms with Gasteiger partial charge < -0.3 is 0 Å². The average Bonchev–Trinajstić information content (AvgIpc) is 2.62.